The van der Waals surface area contributed by atoms with Crippen molar-refractivity contribution >= 4 is 0 Å². The number of hydrogen-bond donors (Lipinski definition) is 1. The maximum absolute atomic E-state index is 12.6. The molecule has 1 aliphatic heterocycles. The fraction of sp³-hybridized carbons (Fsp3) is 0.458. The number of rotatable bonds is 5. The normalized spacial score (nSPS) is 17.9. The second-order valence-corrected chi connectivity index (χ2v) is 7.38. The highest BCUT2D eigenvalue weighted by molar-refractivity contribution is 5.37. The molecule has 1 aliphatic carbocycles. The minimum atomic E-state index is -0.0852. The minimum Gasteiger partial charge on any atom is -0.491 e. The third-order valence-electron chi connectivity index (χ3n) is 4.92. The first-order valence-corrected chi connectivity index (χ1v) is 10.3. The van der Waals surface area contributed by atoms with Gasteiger partial charge in [0.2, 0.25) is 0 Å². The van der Waals surface area contributed by atoms with Crippen LogP contribution in [0.25, 0.3) is 0 Å². The van der Waals surface area contributed by atoms with Crippen LogP contribution >= 0.6 is 0 Å². The molecule has 1 aromatic heterocycles. The molecule has 6 heteroatoms. The van der Waals surface area contributed by atoms with Gasteiger partial charge in [0, 0.05) is 30.4 Å². The zero-order chi connectivity index (χ0) is 21.3. The summed E-state index contributed by atoms with van der Waals surface area (Å²) >= 11 is 0. The van der Waals surface area contributed by atoms with Crippen molar-refractivity contribution in [2.45, 2.75) is 32.4 Å². The van der Waals surface area contributed by atoms with Crippen LogP contribution in [0.3, 0.4) is 0 Å². The second kappa shape index (κ2) is 11.0. The molecule has 2 fully saturated rings. The summed E-state index contributed by atoms with van der Waals surface area (Å²) in [6.45, 7) is 4.56. The van der Waals surface area contributed by atoms with Gasteiger partial charge in [-0.25, -0.2) is 0 Å². The Balaban J connectivity index is 0.00000124. The fourth-order valence-corrected chi connectivity index (χ4v) is 3.10. The largest absolute Gasteiger partial charge is 0.491 e. The minimum absolute atomic E-state index is 0.0755. The number of aliphatic hydroxyl groups is 1. The fourth-order valence-electron chi connectivity index (χ4n) is 3.10. The molecule has 6 nitrogen and oxygen atoms in total. The second-order valence-electron chi connectivity index (χ2n) is 7.38. The van der Waals surface area contributed by atoms with Crippen molar-refractivity contribution in [3.05, 3.63) is 63.6 Å². The van der Waals surface area contributed by atoms with E-state index in [9.17, 15) is 4.79 Å². The van der Waals surface area contributed by atoms with Crippen molar-refractivity contribution in [2.24, 2.45) is 5.92 Å². The van der Waals surface area contributed by atoms with Gasteiger partial charge < -0.3 is 23.9 Å². The highest BCUT2D eigenvalue weighted by Gasteiger charge is 2.17. The number of aryl methyl sites for hydroxylation is 1. The predicted octanol–water partition coefficient (Wildman–Crippen LogP) is 2.37. The Morgan fingerprint density at radius 2 is 1.93 bits per heavy atom. The summed E-state index contributed by atoms with van der Waals surface area (Å²) in [5, 5.41) is 7.00. The van der Waals surface area contributed by atoms with E-state index in [1.54, 1.807) is 4.57 Å². The first kappa shape index (κ1) is 22.1. The van der Waals surface area contributed by atoms with Gasteiger partial charge in [-0.15, -0.1) is 0 Å². The topological polar surface area (TPSA) is 69.9 Å². The molecule has 160 valence electrons. The maximum Gasteiger partial charge on any atom is 0.254 e. The van der Waals surface area contributed by atoms with Gasteiger partial charge in [-0.2, -0.15) is 0 Å². The van der Waals surface area contributed by atoms with E-state index in [-0.39, 0.29) is 11.7 Å². The highest BCUT2D eigenvalue weighted by Crippen LogP contribution is 2.27. The lowest BCUT2D eigenvalue weighted by atomic mass is 10.1. The molecule has 0 amide bonds. The number of nitrogens with zero attached hydrogens (tertiary/aromatic N) is 1. The molecule has 1 unspecified atom stereocenters. The van der Waals surface area contributed by atoms with Gasteiger partial charge in [-0.3, -0.25) is 4.79 Å². The molecule has 1 saturated heterocycles. The van der Waals surface area contributed by atoms with E-state index in [0.717, 1.165) is 23.9 Å². The van der Waals surface area contributed by atoms with E-state index >= 15 is 0 Å². The lowest BCUT2D eigenvalue weighted by Gasteiger charge is -2.23. The molecule has 2 heterocycles. The van der Waals surface area contributed by atoms with Gasteiger partial charge in [-0.05, 0) is 43.5 Å². The molecule has 2 aromatic rings. The molecular weight excluding hydrogens is 382 g/mol. The highest BCUT2D eigenvalue weighted by atomic mass is 16.6. The molecule has 30 heavy (non-hydrogen) atoms. The summed E-state index contributed by atoms with van der Waals surface area (Å²) in [5.74, 6) is 7.65. The van der Waals surface area contributed by atoms with E-state index in [0.29, 0.717) is 44.6 Å². The lowest BCUT2D eigenvalue weighted by Crippen LogP contribution is -2.33. The van der Waals surface area contributed by atoms with Crippen LogP contribution in [-0.4, -0.2) is 49.3 Å². The molecule has 0 radical (unpaired) electrons. The van der Waals surface area contributed by atoms with Crippen LogP contribution in [0.15, 0.2) is 41.2 Å². The van der Waals surface area contributed by atoms with Gasteiger partial charge in [0.25, 0.3) is 5.56 Å². The van der Waals surface area contributed by atoms with Crippen molar-refractivity contribution in [1.29, 1.82) is 0 Å². The number of ether oxygens (including phenoxy) is 3. The Morgan fingerprint density at radius 3 is 2.57 bits per heavy atom. The van der Waals surface area contributed by atoms with Gasteiger partial charge in [0.1, 0.15) is 18.5 Å². The Kier molecular flexibility index (Phi) is 8.09. The molecule has 1 atom stereocenters. The molecule has 4 rings (SSSR count). The van der Waals surface area contributed by atoms with E-state index in [1.807, 2.05) is 37.3 Å². The first-order valence-electron chi connectivity index (χ1n) is 10.3. The van der Waals surface area contributed by atoms with Crippen LogP contribution in [0.1, 0.15) is 29.7 Å². The van der Waals surface area contributed by atoms with Crippen molar-refractivity contribution in [2.75, 3.05) is 33.5 Å². The predicted molar refractivity (Wildman–Crippen MR) is 115 cm³/mol. The number of benzene rings is 1. The summed E-state index contributed by atoms with van der Waals surface area (Å²) in [5.41, 5.74) is 2.88. The van der Waals surface area contributed by atoms with Crippen LogP contribution in [-0.2, 0) is 16.0 Å². The molecule has 1 saturated carbocycles. The maximum atomic E-state index is 12.6. The van der Waals surface area contributed by atoms with Crippen LogP contribution in [0.4, 0.5) is 0 Å². The first-order chi connectivity index (χ1) is 14.7. The van der Waals surface area contributed by atoms with Gasteiger partial charge in [0.05, 0.1) is 26.4 Å². The number of hydrogen-bond acceptors (Lipinski definition) is 5. The summed E-state index contributed by atoms with van der Waals surface area (Å²) in [7, 11) is 1.00. The Labute approximate surface area is 177 Å². The zero-order valence-corrected chi connectivity index (χ0v) is 17.6. The quantitative estimate of drug-likeness (QED) is 0.765. The van der Waals surface area contributed by atoms with Crippen LogP contribution < -0.4 is 10.3 Å². The zero-order valence-electron chi connectivity index (χ0n) is 17.6. The number of pyridine rings is 1. The van der Waals surface area contributed by atoms with Crippen molar-refractivity contribution < 1.29 is 19.3 Å². The van der Waals surface area contributed by atoms with Crippen LogP contribution in [0.5, 0.6) is 5.75 Å². The molecule has 0 bridgehead atoms. The summed E-state index contributed by atoms with van der Waals surface area (Å²) in [6, 6.07) is 11.5. The average molecular weight is 411 g/mol. The monoisotopic (exact) mass is 411 g/mol. The molecular formula is C24H29NO5. The summed E-state index contributed by atoms with van der Waals surface area (Å²) < 4.78 is 18.4. The smallest absolute Gasteiger partial charge is 0.254 e. The van der Waals surface area contributed by atoms with E-state index in [2.05, 4.69) is 11.8 Å². The lowest BCUT2D eigenvalue weighted by molar-refractivity contribution is -0.101. The van der Waals surface area contributed by atoms with Gasteiger partial charge in [0.15, 0.2) is 0 Å². The summed E-state index contributed by atoms with van der Waals surface area (Å²) in [4.78, 5) is 12.6. The standard InChI is InChI=1S/C23H25NO4.CH4O/c1-17-12-21(28-16-22-15-26-10-11-27-22)13-23(25)24(17)14-20-8-6-19(7-9-20)5-4-18-2-3-18;1-2/h6-9,12-13,18,22H,2-3,10-11,14-16H2,1H3;2H,1H3. The molecule has 2 aliphatic rings. The van der Waals surface area contributed by atoms with Gasteiger partial charge in [-0.1, -0.05) is 24.0 Å². The summed E-state index contributed by atoms with van der Waals surface area (Å²) in [6.07, 6.45) is 2.38. The molecule has 1 N–H and O–H groups in total. The third kappa shape index (κ3) is 6.46. The SMILES string of the molecule is CO.Cc1cc(OCC2COCCO2)cc(=O)n1Cc1ccc(C#CC2CC2)cc1. The van der Waals surface area contributed by atoms with Crippen molar-refractivity contribution in [3.63, 3.8) is 0 Å². The van der Waals surface area contributed by atoms with Crippen LogP contribution in [0, 0.1) is 24.7 Å². The molecule has 0 spiro atoms. The van der Waals surface area contributed by atoms with Crippen molar-refractivity contribution in [3.8, 4) is 17.6 Å². The van der Waals surface area contributed by atoms with E-state index in [1.165, 1.54) is 18.9 Å². The van der Waals surface area contributed by atoms with E-state index < -0.39 is 0 Å². The third-order valence-corrected chi connectivity index (χ3v) is 4.92. The van der Waals surface area contributed by atoms with Crippen LogP contribution in [0.2, 0.25) is 0 Å². The number of aliphatic hydroxyl groups excluding tert-OH is 1. The van der Waals surface area contributed by atoms with Crippen molar-refractivity contribution in [1.82, 2.24) is 4.57 Å². The molecule has 1 aromatic carbocycles. The van der Waals surface area contributed by atoms with E-state index in [4.69, 9.17) is 19.3 Å². The average Bonchev–Trinajstić information content (AvgIpc) is 3.61. The Hall–Kier alpha value is -2.59. The Bertz CT molecular complexity index is 929. The Morgan fingerprint density at radius 1 is 1.17 bits per heavy atom. The van der Waals surface area contributed by atoms with Gasteiger partial charge >= 0.3 is 0 Å². The number of aromatic nitrogens is 1.